The van der Waals surface area contributed by atoms with Crippen molar-refractivity contribution >= 4 is 5.97 Å². The predicted molar refractivity (Wildman–Crippen MR) is 67.4 cm³/mol. The van der Waals surface area contributed by atoms with Gasteiger partial charge in [-0.15, -0.1) is 0 Å². The van der Waals surface area contributed by atoms with Crippen LogP contribution in [-0.4, -0.2) is 55.8 Å². The molecule has 0 aliphatic carbocycles. The smallest absolute Gasteiger partial charge is 0.330 e. The zero-order chi connectivity index (χ0) is 17.4. The molecule has 1 aromatic heterocycles. The van der Waals surface area contributed by atoms with Crippen molar-refractivity contribution in [1.29, 1.82) is 5.26 Å². The Kier molecular flexibility index (Phi) is 4.35. The summed E-state index contributed by atoms with van der Waals surface area (Å²) in [4.78, 5) is 36.1. The summed E-state index contributed by atoms with van der Waals surface area (Å²) in [6.07, 6.45) is -6.73. The minimum Gasteiger partial charge on any atom is -0.548 e. The van der Waals surface area contributed by atoms with Gasteiger partial charge in [0.25, 0.3) is 5.56 Å². The van der Waals surface area contributed by atoms with Crippen LogP contribution in [0, 0.1) is 16.7 Å². The van der Waals surface area contributed by atoms with Gasteiger partial charge < -0.3 is 30.0 Å². The van der Waals surface area contributed by atoms with E-state index in [0.29, 0.717) is 4.57 Å². The second kappa shape index (κ2) is 5.94. The maximum absolute atomic E-state index is 11.8. The Hall–Kier alpha value is -2.52. The number of aliphatic hydroxyl groups excluding tert-OH is 3. The fraction of sp³-hybridized carbons (Fsp3) is 0.500. The Bertz CT molecular complexity index is 765. The fourth-order valence-electron chi connectivity index (χ4n) is 2.43. The van der Waals surface area contributed by atoms with Gasteiger partial charge in [0.1, 0.15) is 18.3 Å². The van der Waals surface area contributed by atoms with E-state index in [4.69, 9.17) is 4.74 Å². The summed E-state index contributed by atoms with van der Waals surface area (Å²) < 4.78 is 5.76. The Labute approximate surface area is 127 Å². The molecule has 0 spiro atoms. The number of aromatic nitrogens is 2. The predicted octanol–water partition coefficient (Wildman–Crippen LogP) is -4.59. The van der Waals surface area contributed by atoms with E-state index >= 15 is 0 Å². The molecule has 1 saturated heterocycles. The summed E-state index contributed by atoms with van der Waals surface area (Å²) in [5, 5.41) is 49.9. The number of ether oxygens (including phenoxy) is 1. The molecule has 0 radical (unpaired) electrons. The van der Waals surface area contributed by atoms with Gasteiger partial charge in [0.15, 0.2) is 11.6 Å². The van der Waals surface area contributed by atoms with E-state index < -0.39 is 53.8 Å². The number of nitrogens with one attached hydrogen (secondary N) is 1. The van der Waals surface area contributed by atoms with E-state index in [9.17, 15) is 40.1 Å². The third-order valence-electron chi connectivity index (χ3n) is 3.70. The molecule has 5 atom stereocenters. The number of aromatic amines is 1. The van der Waals surface area contributed by atoms with Crippen LogP contribution in [0.3, 0.4) is 0 Å². The number of carboxylic acids is 1. The standard InChI is InChI=1S/C12H13N3O8/c13-4-12(10(20)21)7(18)5(3-16)23-9(8(12)19)15-2-1-6(17)14-11(15)22/h1-2,5,7-9,16,18-19H,3H2,(H,20,21)(H,14,17,22)/p-1/t5-,7+,8-,9+,12-/m0/s1. The number of aliphatic hydroxyl groups is 3. The normalized spacial score (nSPS) is 33.8. The number of hydrogen-bond donors (Lipinski definition) is 4. The van der Waals surface area contributed by atoms with Crippen LogP contribution < -0.4 is 16.4 Å². The number of carboxylic acid groups (broad SMARTS) is 1. The molecule has 124 valence electrons. The molecule has 23 heavy (non-hydrogen) atoms. The van der Waals surface area contributed by atoms with Crippen molar-refractivity contribution in [2.45, 2.75) is 24.5 Å². The first-order valence-electron chi connectivity index (χ1n) is 6.36. The van der Waals surface area contributed by atoms with Crippen LogP contribution in [0.15, 0.2) is 21.9 Å². The molecule has 0 aromatic carbocycles. The molecule has 1 aromatic rings. The molecule has 11 nitrogen and oxygen atoms in total. The van der Waals surface area contributed by atoms with Crippen molar-refractivity contribution in [2.24, 2.45) is 5.41 Å². The zero-order valence-electron chi connectivity index (χ0n) is 11.4. The van der Waals surface area contributed by atoms with Gasteiger partial charge in [-0.3, -0.25) is 14.3 Å². The number of carbonyl (C=O) groups is 1. The van der Waals surface area contributed by atoms with Gasteiger partial charge in [-0.25, -0.2) is 4.79 Å². The van der Waals surface area contributed by atoms with Crippen LogP contribution in [-0.2, 0) is 9.53 Å². The van der Waals surface area contributed by atoms with Crippen molar-refractivity contribution < 1.29 is 30.0 Å². The van der Waals surface area contributed by atoms with Crippen molar-refractivity contribution in [3.63, 3.8) is 0 Å². The lowest BCUT2D eigenvalue weighted by molar-refractivity contribution is -0.341. The van der Waals surface area contributed by atoms with Crippen LogP contribution in [0.5, 0.6) is 0 Å². The molecule has 0 unspecified atom stereocenters. The minimum atomic E-state index is -2.84. The number of carbonyl (C=O) groups excluding carboxylic acids is 1. The number of rotatable bonds is 3. The van der Waals surface area contributed by atoms with E-state index in [1.54, 1.807) is 0 Å². The topological polar surface area (TPSA) is 189 Å². The van der Waals surface area contributed by atoms with Crippen LogP contribution >= 0.6 is 0 Å². The first kappa shape index (κ1) is 16.8. The average Bonchev–Trinajstić information content (AvgIpc) is 2.49. The van der Waals surface area contributed by atoms with Gasteiger partial charge in [0.05, 0.1) is 18.6 Å². The summed E-state index contributed by atoms with van der Waals surface area (Å²) in [5.41, 5.74) is -4.63. The molecule has 0 amide bonds. The Morgan fingerprint density at radius 1 is 1.48 bits per heavy atom. The van der Waals surface area contributed by atoms with Crippen LogP contribution in [0.1, 0.15) is 6.23 Å². The van der Waals surface area contributed by atoms with Gasteiger partial charge in [-0.1, -0.05) is 0 Å². The molecule has 11 heteroatoms. The molecule has 2 rings (SSSR count). The maximum atomic E-state index is 11.8. The molecule has 1 fully saturated rings. The number of hydrogen-bond acceptors (Lipinski definition) is 9. The summed E-state index contributed by atoms with van der Waals surface area (Å²) in [5.74, 6) is -2.09. The lowest BCUT2D eigenvalue weighted by atomic mass is 9.73. The molecular weight excluding hydrogens is 314 g/mol. The first-order chi connectivity index (χ1) is 10.8. The summed E-state index contributed by atoms with van der Waals surface area (Å²) in [7, 11) is 0. The third-order valence-corrected chi connectivity index (χ3v) is 3.70. The zero-order valence-corrected chi connectivity index (χ0v) is 11.4. The summed E-state index contributed by atoms with van der Waals surface area (Å²) in [6.45, 7) is -0.890. The number of aliphatic carboxylic acids is 1. The maximum Gasteiger partial charge on any atom is 0.330 e. The largest absolute Gasteiger partial charge is 0.548 e. The van der Waals surface area contributed by atoms with Crippen molar-refractivity contribution in [3.05, 3.63) is 33.1 Å². The van der Waals surface area contributed by atoms with Crippen molar-refractivity contribution in [3.8, 4) is 6.07 Å². The Morgan fingerprint density at radius 2 is 2.13 bits per heavy atom. The average molecular weight is 326 g/mol. The summed E-state index contributed by atoms with van der Waals surface area (Å²) >= 11 is 0. The molecule has 4 N–H and O–H groups in total. The number of nitrogens with zero attached hydrogens (tertiary/aromatic N) is 2. The van der Waals surface area contributed by atoms with Gasteiger partial charge in [0, 0.05) is 12.3 Å². The SMILES string of the molecule is N#C[C@]1(C(=O)[O-])[C@H](O)[C@H](CO)O[C@@H](n2ccc(=O)[nH]c2=O)[C@@H]1O. The highest BCUT2D eigenvalue weighted by atomic mass is 16.6. The van der Waals surface area contributed by atoms with Gasteiger partial charge >= 0.3 is 5.69 Å². The second-order valence-corrected chi connectivity index (χ2v) is 4.92. The third kappa shape index (κ3) is 2.43. The molecule has 0 saturated carbocycles. The molecule has 0 bridgehead atoms. The quantitative estimate of drug-likeness (QED) is 0.423. The van der Waals surface area contributed by atoms with E-state index in [1.807, 2.05) is 4.98 Å². The highest BCUT2D eigenvalue weighted by Crippen LogP contribution is 2.40. The van der Waals surface area contributed by atoms with Crippen molar-refractivity contribution in [1.82, 2.24) is 9.55 Å². The lowest BCUT2D eigenvalue weighted by Gasteiger charge is -2.47. The molecule has 1 aliphatic heterocycles. The lowest BCUT2D eigenvalue weighted by Crippen LogP contribution is -2.67. The van der Waals surface area contributed by atoms with Gasteiger partial charge in [-0.2, -0.15) is 5.26 Å². The van der Waals surface area contributed by atoms with Crippen LogP contribution in [0.4, 0.5) is 0 Å². The van der Waals surface area contributed by atoms with Crippen molar-refractivity contribution in [2.75, 3.05) is 6.61 Å². The highest BCUT2D eigenvalue weighted by molar-refractivity contribution is 5.78. The second-order valence-electron chi connectivity index (χ2n) is 4.92. The Morgan fingerprint density at radius 3 is 2.61 bits per heavy atom. The fourth-order valence-corrected chi connectivity index (χ4v) is 2.43. The Balaban J connectivity index is 2.61. The first-order valence-corrected chi connectivity index (χ1v) is 6.36. The summed E-state index contributed by atoms with van der Waals surface area (Å²) in [6, 6.07) is 2.18. The number of nitriles is 1. The van der Waals surface area contributed by atoms with E-state index in [2.05, 4.69) is 0 Å². The minimum absolute atomic E-state index is 0.635. The van der Waals surface area contributed by atoms with E-state index in [0.717, 1.165) is 12.3 Å². The van der Waals surface area contributed by atoms with Crippen LogP contribution in [0.2, 0.25) is 0 Å². The number of H-pyrrole nitrogens is 1. The highest BCUT2D eigenvalue weighted by Gasteiger charge is 2.58. The van der Waals surface area contributed by atoms with E-state index in [1.165, 1.54) is 6.07 Å². The van der Waals surface area contributed by atoms with Gasteiger partial charge in [0.2, 0.25) is 0 Å². The molecule has 1 aliphatic rings. The van der Waals surface area contributed by atoms with Gasteiger partial charge in [-0.05, 0) is 0 Å². The molecular formula is C12H12N3O8-. The molecule has 2 heterocycles. The monoisotopic (exact) mass is 326 g/mol. The van der Waals surface area contributed by atoms with Crippen LogP contribution in [0.25, 0.3) is 0 Å². The van der Waals surface area contributed by atoms with E-state index in [-0.39, 0.29) is 0 Å².